The molecule has 2 atom stereocenters. The van der Waals surface area contributed by atoms with E-state index < -0.39 is 0 Å². The van der Waals surface area contributed by atoms with Crippen LogP contribution in [0.1, 0.15) is 25.3 Å². The fourth-order valence-electron chi connectivity index (χ4n) is 2.87. The van der Waals surface area contributed by atoms with Gasteiger partial charge in [0, 0.05) is 25.6 Å². The molecule has 2 rings (SSSR count). The Kier molecular flexibility index (Phi) is 4.36. The summed E-state index contributed by atoms with van der Waals surface area (Å²) in [6, 6.07) is 7.07. The molecule has 1 fully saturated rings. The van der Waals surface area contributed by atoms with Crippen LogP contribution in [0.15, 0.2) is 24.3 Å². The molecule has 1 saturated carbocycles. The lowest BCUT2D eigenvalue weighted by Crippen LogP contribution is -2.31. The highest BCUT2D eigenvalue weighted by Crippen LogP contribution is 2.55. The Bertz CT molecular complexity index is 396. The first-order chi connectivity index (χ1) is 8.73. The summed E-state index contributed by atoms with van der Waals surface area (Å²) in [6.45, 7) is 4.69. The van der Waals surface area contributed by atoms with E-state index >= 15 is 0 Å². The van der Waals surface area contributed by atoms with Gasteiger partial charge in [-0.15, -0.1) is 0 Å². The third-order valence-corrected chi connectivity index (χ3v) is 4.05. The minimum absolute atomic E-state index is 0.134. The van der Waals surface area contributed by atoms with E-state index in [-0.39, 0.29) is 11.2 Å². The first-order valence-electron chi connectivity index (χ1n) is 6.68. The zero-order valence-electron chi connectivity index (χ0n) is 11.2. The first-order valence-corrected chi connectivity index (χ1v) is 6.68. The second-order valence-electron chi connectivity index (χ2n) is 5.15. The van der Waals surface area contributed by atoms with Crippen LogP contribution in [0.4, 0.5) is 4.39 Å². The summed E-state index contributed by atoms with van der Waals surface area (Å²) in [7, 11) is 1.70. The summed E-state index contributed by atoms with van der Waals surface area (Å²) < 4.78 is 18.4. The number of hydrogen-bond donors (Lipinski definition) is 1. The third-order valence-electron chi connectivity index (χ3n) is 4.05. The van der Waals surface area contributed by atoms with Gasteiger partial charge >= 0.3 is 0 Å². The summed E-state index contributed by atoms with van der Waals surface area (Å²) in [6.07, 6.45) is 2.31. The molecule has 0 saturated heterocycles. The van der Waals surface area contributed by atoms with Gasteiger partial charge in [-0.05, 0) is 30.0 Å². The molecule has 1 aliphatic carbocycles. The predicted octanol–water partition coefficient (Wildman–Crippen LogP) is 2.73. The zero-order chi connectivity index (χ0) is 13.0. The second-order valence-corrected chi connectivity index (χ2v) is 5.15. The number of hydrogen-bond acceptors (Lipinski definition) is 2. The molecule has 0 spiro atoms. The number of halogens is 1. The molecule has 1 aromatic rings. The van der Waals surface area contributed by atoms with Gasteiger partial charge in [0.05, 0.1) is 6.61 Å². The molecule has 2 nitrogen and oxygen atoms in total. The van der Waals surface area contributed by atoms with E-state index in [1.807, 2.05) is 6.07 Å². The molecule has 0 aromatic heterocycles. The van der Waals surface area contributed by atoms with Crippen LogP contribution in [0.2, 0.25) is 0 Å². The molecular weight excluding hydrogens is 229 g/mol. The molecular formula is C15H22FNO. The van der Waals surface area contributed by atoms with Crippen molar-refractivity contribution in [3.63, 3.8) is 0 Å². The van der Waals surface area contributed by atoms with E-state index in [9.17, 15) is 4.39 Å². The van der Waals surface area contributed by atoms with Crippen LogP contribution < -0.4 is 5.32 Å². The molecule has 0 amide bonds. The summed E-state index contributed by atoms with van der Waals surface area (Å²) in [5.41, 5.74) is 1.28. The predicted molar refractivity (Wildman–Crippen MR) is 71.2 cm³/mol. The van der Waals surface area contributed by atoms with Crippen molar-refractivity contribution in [3.05, 3.63) is 35.6 Å². The Hall–Kier alpha value is -0.930. The highest BCUT2D eigenvalue weighted by Gasteiger charge is 2.53. The lowest BCUT2D eigenvalue weighted by atomic mass is 9.92. The molecule has 1 aliphatic rings. The number of ether oxygens (including phenoxy) is 1. The van der Waals surface area contributed by atoms with Crippen LogP contribution in [0, 0.1) is 11.7 Å². The monoisotopic (exact) mass is 251 g/mol. The average molecular weight is 251 g/mol. The maximum Gasteiger partial charge on any atom is 0.123 e. The van der Waals surface area contributed by atoms with Crippen LogP contribution in [-0.4, -0.2) is 26.8 Å². The highest BCUT2D eigenvalue weighted by atomic mass is 19.1. The Morgan fingerprint density at radius 1 is 1.50 bits per heavy atom. The average Bonchev–Trinajstić information content (AvgIpc) is 3.10. The molecule has 2 unspecified atom stereocenters. The summed E-state index contributed by atoms with van der Waals surface area (Å²) in [5, 5.41) is 3.42. The minimum Gasteiger partial charge on any atom is -0.383 e. The Labute approximate surface area is 109 Å². The van der Waals surface area contributed by atoms with Gasteiger partial charge in [0.1, 0.15) is 5.82 Å². The first kappa shape index (κ1) is 13.5. The van der Waals surface area contributed by atoms with Crippen LogP contribution in [0.25, 0.3) is 0 Å². The highest BCUT2D eigenvalue weighted by molar-refractivity contribution is 5.34. The van der Waals surface area contributed by atoms with Crippen LogP contribution in [0.5, 0.6) is 0 Å². The van der Waals surface area contributed by atoms with Gasteiger partial charge in [-0.25, -0.2) is 4.39 Å². The summed E-state index contributed by atoms with van der Waals surface area (Å²) in [4.78, 5) is 0. The van der Waals surface area contributed by atoms with Crippen molar-refractivity contribution in [1.29, 1.82) is 0 Å². The van der Waals surface area contributed by atoms with Gasteiger partial charge < -0.3 is 10.1 Å². The molecule has 100 valence electrons. The smallest absolute Gasteiger partial charge is 0.123 e. The molecule has 1 N–H and O–H groups in total. The van der Waals surface area contributed by atoms with E-state index in [1.165, 1.54) is 6.07 Å². The van der Waals surface area contributed by atoms with Gasteiger partial charge in [0.15, 0.2) is 0 Å². The third kappa shape index (κ3) is 2.73. The molecule has 1 aromatic carbocycles. The van der Waals surface area contributed by atoms with E-state index in [0.717, 1.165) is 38.1 Å². The fraction of sp³-hybridized carbons (Fsp3) is 0.600. The number of benzene rings is 1. The van der Waals surface area contributed by atoms with E-state index in [1.54, 1.807) is 13.2 Å². The van der Waals surface area contributed by atoms with Gasteiger partial charge in [-0.3, -0.25) is 0 Å². The van der Waals surface area contributed by atoms with Crippen molar-refractivity contribution < 1.29 is 9.13 Å². The Morgan fingerprint density at radius 2 is 2.33 bits per heavy atom. The fourth-order valence-corrected chi connectivity index (χ4v) is 2.87. The lowest BCUT2D eigenvalue weighted by molar-refractivity contribution is 0.198. The SMILES string of the molecule is CCC1CC1(CNCCOC)c1cccc(F)c1. The zero-order valence-corrected chi connectivity index (χ0v) is 11.2. The van der Waals surface area contributed by atoms with E-state index in [0.29, 0.717) is 5.92 Å². The van der Waals surface area contributed by atoms with Crippen LogP contribution in [0.3, 0.4) is 0 Å². The maximum atomic E-state index is 13.4. The molecule has 0 radical (unpaired) electrons. The van der Waals surface area contributed by atoms with Gasteiger partial charge in [0.25, 0.3) is 0 Å². The van der Waals surface area contributed by atoms with E-state index in [4.69, 9.17) is 4.74 Å². The standard InChI is InChI=1S/C15H22FNO/c1-3-12-10-15(12,11-17-7-8-18-2)13-5-4-6-14(16)9-13/h4-6,9,12,17H,3,7-8,10-11H2,1-2H3. The second kappa shape index (κ2) is 5.81. The normalized spacial score (nSPS) is 26.3. The number of methoxy groups -OCH3 is 1. The van der Waals surface area contributed by atoms with Crippen molar-refractivity contribution in [2.24, 2.45) is 5.92 Å². The Balaban J connectivity index is 2.04. The van der Waals surface area contributed by atoms with Crippen LogP contribution >= 0.6 is 0 Å². The summed E-state index contributed by atoms with van der Waals surface area (Å²) in [5.74, 6) is 0.542. The molecule has 0 bridgehead atoms. The molecule has 18 heavy (non-hydrogen) atoms. The number of nitrogens with one attached hydrogen (secondary N) is 1. The van der Waals surface area contributed by atoms with Crippen molar-refractivity contribution in [2.75, 3.05) is 26.8 Å². The van der Waals surface area contributed by atoms with Gasteiger partial charge in [-0.2, -0.15) is 0 Å². The quantitative estimate of drug-likeness (QED) is 0.752. The molecule has 3 heteroatoms. The van der Waals surface area contributed by atoms with Crippen molar-refractivity contribution in [2.45, 2.75) is 25.2 Å². The van der Waals surface area contributed by atoms with Crippen molar-refractivity contribution >= 4 is 0 Å². The summed E-state index contributed by atoms with van der Waals surface area (Å²) >= 11 is 0. The largest absolute Gasteiger partial charge is 0.383 e. The molecule has 0 heterocycles. The minimum atomic E-state index is -0.134. The van der Waals surface area contributed by atoms with Crippen molar-refractivity contribution in [1.82, 2.24) is 5.32 Å². The van der Waals surface area contributed by atoms with Crippen LogP contribution in [-0.2, 0) is 10.2 Å². The Morgan fingerprint density at radius 3 is 2.94 bits per heavy atom. The van der Waals surface area contributed by atoms with Gasteiger partial charge in [0.2, 0.25) is 0 Å². The number of rotatable bonds is 7. The van der Waals surface area contributed by atoms with Crippen molar-refractivity contribution in [3.8, 4) is 0 Å². The molecule has 0 aliphatic heterocycles. The lowest BCUT2D eigenvalue weighted by Gasteiger charge is -2.19. The topological polar surface area (TPSA) is 21.3 Å². The maximum absolute atomic E-state index is 13.4. The van der Waals surface area contributed by atoms with E-state index in [2.05, 4.69) is 18.3 Å². The van der Waals surface area contributed by atoms with Gasteiger partial charge in [-0.1, -0.05) is 25.5 Å².